The van der Waals surface area contributed by atoms with Crippen molar-refractivity contribution in [1.82, 2.24) is 0 Å². The number of aliphatic hydroxyl groups is 1. The zero-order valence-corrected chi connectivity index (χ0v) is 9.42. The summed E-state index contributed by atoms with van der Waals surface area (Å²) in [5.74, 6) is 0.913. The molecule has 0 radical (unpaired) electrons. The largest absolute Gasteiger partial charge is 0.493 e. The molecular formula is C13H18O2. The molecule has 1 heterocycles. The van der Waals surface area contributed by atoms with Crippen molar-refractivity contribution in [3.05, 3.63) is 29.3 Å². The summed E-state index contributed by atoms with van der Waals surface area (Å²) in [4.78, 5) is 0. The van der Waals surface area contributed by atoms with Gasteiger partial charge in [-0.25, -0.2) is 0 Å². The number of para-hydroxylation sites is 1. The molecule has 2 rings (SSSR count). The molecule has 1 aromatic carbocycles. The molecule has 1 N–H and O–H groups in total. The first-order chi connectivity index (χ1) is 7.15. The molecular weight excluding hydrogens is 188 g/mol. The zero-order chi connectivity index (χ0) is 10.9. The van der Waals surface area contributed by atoms with E-state index in [9.17, 15) is 5.11 Å². The van der Waals surface area contributed by atoms with Crippen molar-refractivity contribution < 1.29 is 9.84 Å². The SMILES string of the molecule is CCCC(C)(O)c1cccc2c1OCC2. The Morgan fingerprint density at radius 2 is 2.27 bits per heavy atom. The maximum atomic E-state index is 10.4. The fraction of sp³-hybridized carbons (Fsp3) is 0.538. The van der Waals surface area contributed by atoms with E-state index in [2.05, 4.69) is 13.0 Å². The molecule has 0 aliphatic carbocycles. The van der Waals surface area contributed by atoms with Crippen LogP contribution < -0.4 is 4.74 Å². The molecule has 0 saturated heterocycles. The number of hydrogen-bond donors (Lipinski definition) is 1. The van der Waals surface area contributed by atoms with Crippen molar-refractivity contribution >= 4 is 0 Å². The monoisotopic (exact) mass is 206 g/mol. The second kappa shape index (κ2) is 3.86. The highest BCUT2D eigenvalue weighted by molar-refractivity contribution is 5.46. The summed E-state index contributed by atoms with van der Waals surface area (Å²) >= 11 is 0. The van der Waals surface area contributed by atoms with Gasteiger partial charge in [0.25, 0.3) is 0 Å². The molecule has 0 bridgehead atoms. The first-order valence-electron chi connectivity index (χ1n) is 5.62. The molecule has 0 saturated carbocycles. The Kier molecular flexibility index (Phi) is 2.70. The van der Waals surface area contributed by atoms with Gasteiger partial charge in [-0.15, -0.1) is 0 Å². The fourth-order valence-corrected chi connectivity index (χ4v) is 2.26. The Labute approximate surface area is 90.9 Å². The van der Waals surface area contributed by atoms with E-state index in [4.69, 9.17) is 4.74 Å². The minimum absolute atomic E-state index is 0.745. The normalized spacial score (nSPS) is 18.1. The number of benzene rings is 1. The van der Waals surface area contributed by atoms with Crippen LogP contribution in [0.3, 0.4) is 0 Å². The quantitative estimate of drug-likeness (QED) is 0.823. The van der Waals surface area contributed by atoms with Crippen LogP contribution >= 0.6 is 0 Å². The lowest BCUT2D eigenvalue weighted by Crippen LogP contribution is -2.21. The Balaban J connectivity index is 2.40. The lowest BCUT2D eigenvalue weighted by molar-refractivity contribution is 0.0444. The first-order valence-corrected chi connectivity index (χ1v) is 5.62. The van der Waals surface area contributed by atoms with Gasteiger partial charge in [0.1, 0.15) is 5.75 Å². The van der Waals surface area contributed by atoms with Crippen LogP contribution in [0.5, 0.6) is 5.75 Å². The van der Waals surface area contributed by atoms with Crippen molar-refractivity contribution in [2.75, 3.05) is 6.61 Å². The van der Waals surface area contributed by atoms with E-state index in [0.717, 1.165) is 37.2 Å². The summed E-state index contributed by atoms with van der Waals surface area (Å²) in [6.45, 7) is 4.70. The first kappa shape index (κ1) is 10.5. The van der Waals surface area contributed by atoms with Crippen LogP contribution in [0.1, 0.15) is 37.8 Å². The van der Waals surface area contributed by atoms with Gasteiger partial charge in [0.2, 0.25) is 0 Å². The van der Waals surface area contributed by atoms with Crippen molar-refractivity contribution in [1.29, 1.82) is 0 Å². The van der Waals surface area contributed by atoms with Crippen LogP contribution in [0.25, 0.3) is 0 Å². The van der Waals surface area contributed by atoms with Crippen molar-refractivity contribution in [3.63, 3.8) is 0 Å². The third-order valence-electron chi connectivity index (χ3n) is 3.03. The van der Waals surface area contributed by atoms with Gasteiger partial charge in [0, 0.05) is 12.0 Å². The van der Waals surface area contributed by atoms with Gasteiger partial charge < -0.3 is 9.84 Å². The van der Waals surface area contributed by atoms with Crippen molar-refractivity contribution in [3.8, 4) is 5.75 Å². The van der Waals surface area contributed by atoms with Gasteiger partial charge in [-0.1, -0.05) is 31.5 Å². The summed E-state index contributed by atoms with van der Waals surface area (Å²) in [5, 5.41) is 10.4. The zero-order valence-electron chi connectivity index (χ0n) is 9.42. The Morgan fingerprint density at radius 1 is 1.47 bits per heavy atom. The number of hydrogen-bond acceptors (Lipinski definition) is 2. The van der Waals surface area contributed by atoms with Gasteiger partial charge in [-0.3, -0.25) is 0 Å². The predicted molar refractivity (Wildman–Crippen MR) is 60.1 cm³/mol. The topological polar surface area (TPSA) is 29.5 Å². The molecule has 1 atom stereocenters. The second-order valence-electron chi connectivity index (χ2n) is 4.42. The molecule has 1 aliphatic heterocycles. The molecule has 2 nitrogen and oxygen atoms in total. The summed E-state index contributed by atoms with van der Waals surface area (Å²) < 4.78 is 5.60. The molecule has 0 amide bonds. The highest BCUT2D eigenvalue weighted by Crippen LogP contribution is 2.38. The lowest BCUT2D eigenvalue weighted by atomic mass is 9.89. The molecule has 15 heavy (non-hydrogen) atoms. The molecule has 0 spiro atoms. The van der Waals surface area contributed by atoms with Crippen LogP contribution in [0.4, 0.5) is 0 Å². The highest BCUT2D eigenvalue weighted by atomic mass is 16.5. The van der Waals surface area contributed by atoms with Gasteiger partial charge in [-0.2, -0.15) is 0 Å². The van der Waals surface area contributed by atoms with E-state index < -0.39 is 5.60 Å². The van der Waals surface area contributed by atoms with Gasteiger partial charge in [0.05, 0.1) is 12.2 Å². The fourth-order valence-electron chi connectivity index (χ4n) is 2.26. The van der Waals surface area contributed by atoms with Crippen LogP contribution in [0.15, 0.2) is 18.2 Å². The Morgan fingerprint density at radius 3 is 3.00 bits per heavy atom. The molecule has 0 aromatic heterocycles. The maximum absolute atomic E-state index is 10.4. The third-order valence-corrected chi connectivity index (χ3v) is 3.03. The van der Waals surface area contributed by atoms with Gasteiger partial charge in [-0.05, 0) is 18.9 Å². The summed E-state index contributed by atoms with van der Waals surface area (Å²) in [7, 11) is 0. The third kappa shape index (κ3) is 1.86. The Bertz CT molecular complexity index is 356. The van der Waals surface area contributed by atoms with Gasteiger partial charge in [0.15, 0.2) is 0 Å². The Hall–Kier alpha value is -1.02. The van der Waals surface area contributed by atoms with Crippen LogP contribution in [-0.4, -0.2) is 11.7 Å². The van der Waals surface area contributed by atoms with Crippen LogP contribution in [0.2, 0.25) is 0 Å². The lowest BCUT2D eigenvalue weighted by Gasteiger charge is -2.25. The second-order valence-corrected chi connectivity index (χ2v) is 4.42. The molecule has 82 valence electrons. The molecule has 1 aromatic rings. The summed E-state index contributed by atoms with van der Waals surface area (Å²) in [6, 6.07) is 6.06. The summed E-state index contributed by atoms with van der Waals surface area (Å²) in [6.07, 6.45) is 2.70. The van der Waals surface area contributed by atoms with E-state index in [0.29, 0.717) is 0 Å². The minimum Gasteiger partial charge on any atom is -0.493 e. The van der Waals surface area contributed by atoms with E-state index >= 15 is 0 Å². The highest BCUT2D eigenvalue weighted by Gasteiger charge is 2.28. The average Bonchev–Trinajstić information content (AvgIpc) is 2.64. The summed E-state index contributed by atoms with van der Waals surface area (Å²) in [5.41, 5.74) is 1.41. The number of ether oxygens (including phenoxy) is 1. The standard InChI is InChI=1S/C13H18O2/c1-3-8-13(2,14)11-6-4-5-10-7-9-15-12(10)11/h4-6,14H,3,7-9H2,1-2H3. The van der Waals surface area contributed by atoms with Crippen LogP contribution in [-0.2, 0) is 12.0 Å². The van der Waals surface area contributed by atoms with E-state index in [1.807, 2.05) is 19.1 Å². The minimum atomic E-state index is -0.759. The molecule has 1 unspecified atom stereocenters. The van der Waals surface area contributed by atoms with Gasteiger partial charge >= 0.3 is 0 Å². The van der Waals surface area contributed by atoms with E-state index in [1.165, 1.54) is 5.56 Å². The van der Waals surface area contributed by atoms with Crippen molar-refractivity contribution in [2.45, 2.75) is 38.7 Å². The smallest absolute Gasteiger partial charge is 0.128 e. The average molecular weight is 206 g/mol. The predicted octanol–water partition coefficient (Wildman–Crippen LogP) is 2.63. The van der Waals surface area contributed by atoms with Crippen LogP contribution in [0, 0.1) is 0 Å². The van der Waals surface area contributed by atoms with Crippen molar-refractivity contribution in [2.24, 2.45) is 0 Å². The number of rotatable bonds is 3. The number of fused-ring (bicyclic) bond motifs is 1. The molecule has 2 heteroatoms. The molecule has 1 aliphatic rings. The van der Waals surface area contributed by atoms with E-state index in [-0.39, 0.29) is 0 Å². The molecule has 0 fully saturated rings. The maximum Gasteiger partial charge on any atom is 0.128 e. The van der Waals surface area contributed by atoms with E-state index in [1.54, 1.807) is 0 Å².